The Balaban J connectivity index is 2.41. The van der Waals surface area contributed by atoms with Gasteiger partial charge in [0, 0.05) is 36.5 Å². The molecular weight excluding hydrogens is 430 g/mol. The molecule has 0 bridgehead atoms. The number of nitrogens with zero attached hydrogens (tertiary/aromatic N) is 1. The summed E-state index contributed by atoms with van der Waals surface area (Å²) in [6.45, 7) is 7.79. The molecule has 2 N–H and O–H groups in total. The van der Waals surface area contributed by atoms with Crippen LogP contribution in [0.15, 0.2) is 56.8 Å². The minimum atomic E-state index is -0.482. The number of methoxy groups -OCH3 is 1. The van der Waals surface area contributed by atoms with Gasteiger partial charge < -0.3 is 24.3 Å². The highest BCUT2D eigenvalue weighted by Gasteiger charge is 2.26. The van der Waals surface area contributed by atoms with E-state index in [1.165, 1.54) is 7.11 Å². The lowest BCUT2D eigenvalue weighted by molar-refractivity contribution is 0.396. The summed E-state index contributed by atoms with van der Waals surface area (Å²) >= 11 is 0. The number of hydrogen-bond acceptors (Lipinski definition) is 6. The fourth-order valence-corrected chi connectivity index (χ4v) is 3.78. The third-order valence-electron chi connectivity index (χ3n) is 5.72. The van der Waals surface area contributed by atoms with E-state index in [2.05, 4.69) is 0 Å². The summed E-state index contributed by atoms with van der Waals surface area (Å²) in [5.74, 6) is -0.0956. The molecule has 0 unspecified atom stereocenters. The summed E-state index contributed by atoms with van der Waals surface area (Å²) in [6.07, 6.45) is 4.48. The molecule has 0 saturated carbocycles. The van der Waals surface area contributed by atoms with Crippen LogP contribution >= 0.6 is 0 Å². The van der Waals surface area contributed by atoms with Crippen molar-refractivity contribution in [1.82, 2.24) is 0 Å². The zero-order valence-electron chi connectivity index (χ0n) is 20.9. The second-order valence-electron chi connectivity index (χ2n) is 9.06. The topological polar surface area (TPSA) is 83.1 Å². The largest absolute Gasteiger partial charge is 0.507 e. The van der Waals surface area contributed by atoms with Crippen LogP contribution in [0.4, 0.5) is 5.69 Å². The molecule has 1 heterocycles. The van der Waals surface area contributed by atoms with Crippen LogP contribution in [0.5, 0.6) is 17.2 Å². The third-order valence-corrected chi connectivity index (χ3v) is 5.72. The molecule has 3 rings (SSSR count). The van der Waals surface area contributed by atoms with Crippen molar-refractivity contribution in [3.8, 4) is 28.6 Å². The van der Waals surface area contributed by atoms with Crippen LogP contribution in [-0.2, 0) is 12.8 Å². The molecule has 3 aromatic rings. The van der Waals surface area contributed by atoms with E-state index < -0.39 is 5.43 Å². The van der Waals surface area contributed by atoms with Gasteiger partial charge in [0.2, 0.25) is 11.2 Å². The molecule has 0 saturated heterocycles. The van der Waals surface area contributed by atoms with Gasteiger partial charge >= 0.3 is 0 Å². The van der Waals surface area contributed by atoms with Crippen molar-refractivity contribution >= 4 is 16.7 Å². The molecule has 0 aliphatic heterocycles. The predicted molar refractivity (Wildman–Crippen MR) is 138 cm³/mol. The number of fused-ring (bicyclic) bond motifs is 1. The smallest absolute Gasteiger partial charge is 0.239 e. The van der Waals surface area contributed by atoms with E-state index in [0.29, 0.717) is 23.1 Å². The SMILES string of the molecule is COc1c(-c2ccc(N(C)C)cc2)oc2c(CC=C(C)C)c(O)c(CC=C(C)C)c(O)c2c1=O. The first kappa shape index (κ1) is 25.0. The zero-order valence-corrected chi connectivity index (χ0v) is 20.9. The van der Waals surface area contributed by atoms with Gasteiger partial charge in [0.05, 0.1) is 7.11 Å². The van der Waals surface area contributed by atoms with Gasteiger partial charge in [-0.2, -0.15) is 0 Å². The number of aromatic hydroxyl groups is 2. The molecule has 0 aliphatic rings. The van der Waals surface area contributed by atoms with Gasteiger partial charge in [-0.1, -0.05) is 23.3 Å². The Hall–Kier alpha value is -3.67. The minimum absolute atomic E-state index is 0.00687. The fraction of sp³-hybridized carbons (Fsp3) is 0.321. The summed E-state index contributed by atoms with van der Waals surface area (Å²) in [7, 11) is 5.29. The Morgan fingerprint density at radius 3 is 2.00 bits per heavy atom. The summed E-state index contributed by atoms with van der Waals surface area (Å²) in [5.41, 5.74) is 4.17. The maximum absolute atomic E-state index is 13.6. The van der Waals surface area contributed by atoms with E-state index in [1.807, 2.05) is 83.1 Å². The molecule has 6 nitrogen and oxygen atoms in total. The van der Waals surface area contributed by atoms with E-state index in [0.717, 1.165) is 16.8 Å². The van der Waals surface area contributed by atoms with Crippen LogP contribution in [0, 0.1) is 0 Å². The van der Waals surface area contributed by atoms with Gasteiger partial charge in [-0.25, -0.2) is 0 Å². The first-order valence-corrected chi connectivity index (χ1v) is 11.2. The second-order valence-corrected chi connectivity index (χ2v) is 9.06. The van der Waals surface area contributed by atoms with Gasteiger partial charge in [0.25, 0.3) is 0 Å². The number of phenolic OH excluding ortho intramolecular Hbond substituents is 2. The van der Waals surface area contributed by atoms with Crippen molar-refractivity contribution in [3.63, 3.8) is 0 Å². The van der Waals surface area contributed by atoms with Gasteiger partial charge in [0.15, 0.2) is 5.76 Å². The highest BCUT2D eigenvalue weighted by molar-refractivity contribution is 5.93. The van der Waals surface area contributed by atoms with Crippen LogP contribution in [0.3, 0.4) is 0 Å². The van der Waals surface area contributed by atoms with Crippen LogP contribution in [0.25, 0.3) is 22.3 Å². The zero-order chi connectivity index (χ0) is 25.2. The number of allylic oxidation sites excluding steroid dienone is 4. The van der Waals surface area contributed by atoms with E-state index in [9.17, 15) is 15.0 Å². The third kappa shape index (κ3) is 4.81. The van der Waals surface area contributed by atoms with Crippen LogP contribution in [0.1, 0.15) is 38.8 Å². The van der Waals surface area contributed by atoms with Crippen LogP contribution in [-0.4, -0.2) is 31.4 Å². The molecule has 0 spiro atoms. The quantitative estimate of drug-likeness (QED) is 0.421. The van der Waals surface area contributed by atoms with Crippen molar-refractivity contribution < 1.29 is 19.4 Å². The molecule has 6 heteroatoms. The Morgan fingerprint density at radius 2 is 1.50 bits per heavy atom. The number of anilines is 1. The standard InChI is InChI=1S/C28H33NO5/c1-16(2)8-14-20-23(30)21(15-9-17(3)4)27-22(24(20)31)25(32)28(33-7)26(34-27)18-10-12-19(13-11-18)29(5)6/h8-13,30-31H,14-15H2,1-7H3. The predicted octanol–water partition coefficient (Wildman–Crippen LogP) is 5.96. The van der Waals surface area contributed by atoms with Gasteiger partial charge in [-0.3, -0.25) is 4.79 Å². The minimum Gasteiger partial charge on any atom is -0.507 e. The lowest BCUT2D eigenvalue weighted by Gasteiger charge is -2.17. The summed E-state index contributed by atoms with van der Waals surface area (Å²) in [5, 5.41) is 22.2. The number of phenols is 2. The summed E-state index contributed by atoms with van der Waals surface area (Å²) in [6, 6.07) is 7.53. The highest BCUT2D eigenvalue weighted by Crippen LogP contribution is 2.43. The number of benzene rings is 2. The van der Waals surface area contributed by atoms with Gasteiger partial charge in [-0.05, 0) is 64.8 Å². The first-order valence-electron chi connectivity index (χ1n) is 11.2. The second kappa shape index (κ2) is 10.1. The molecule has 0 radical (unpaired) electrons. The average Bonchev–Trinajstić information content (AvgIpc) is 2.78. The monoisotopic (exact) mass is 463 g/mol. The van der Waals surface area contributed by atoms with E-state index in [1.54, 1.807) is 0 Å². The summed E-state index contributed by atoms with van der Waals surface area (Å²) < 4.78 is 11.7. The molecule has 180 valence electrons. The molecule has 0 aliphatic carbocycles. The molecule has 0 atom stereocenters. The number of ether oxygens (including phenoxy) is 1. The molecule has 34 heavy (non-hydrogen) atoms. The van der Waals surface area contributed by atoms with Crippen molar-refractivity contribution in [2.75, 3.05) is 26.1 Å². The van der Waals surface area contributed by atoms with Crippen molar-refractivity contribution in [1.29, 1.82) is 0 Å². The average molecular weight is 464 g/mol. The molecule has 0 amide bonds. The lowest BCUT2D eigenvalue weighted by atomic mass is 9.96. The van der Waals surface area contributed by atoms with Crippen molar-refractivity contribution in [2.45, 2.75) is 40.5 Å². The highest BCUT2D eigenvalue weighted by atomic mass is 16.5. The van der Waals surface area contributed by atoms with Gasteiger partial charge in [0.1, 0.15) is 22.5 Å². The Bertz CT molecular complexity index is 1320. The van der Waals surface area contributed by atoms with E-state index in [4.69, 9.17) is 9.15 Å². The Labute approximate surface area is 200 Å². The van der Waals surface area contributed by atoms with Crippen LogP contribution < -0.4 is 15.1 Å². The lowest BCUT2D eigenvalue weighted by Crippen LogP contribution is -2.10. The number of hydrogen-bond donors (Lipinski definition) is 2. The Morgan fingerprint density at radius 1 is 0.941 bits per heavy atom. The fourth-order valence-electron chi connectivity index (χ4n) is 3.78. The summed E-state index contributed by atoms with van der Waals surface area (Å²) in [4.78, 5) is 15.5. The van der Waals surface area contributed by atoms with Crippen LogP contribution in [0.2, 0.25) is 0 Å². The van der Waals surface area contributed by atoms with E-state index >= 15 is 0 Å². The van der Waals surface area contributed by atoms with E-state index in [-0.39, 0.29) is 40.4 Å². The van der Waals surface area contributed by atoms with Crippen molar-refractivity contribution in [3.05, 3.63) is 68.9 Å². The maximum atomic E-state index is 13.6. The molecular formula is C28H33NO5. The maximum Gasteiger partial charge on any atom is 0.239 e. The molecule has 2 aromatic carbocycles. The van der Waals surface area contributed by atoms with Gasteiger partial charge in [-0.15, -0.1) is 0 Å². The van der Waals surface area contributed by atoms with Crippen molar-refractivity contribution in [2.24, 2.45) is 0 Å². The first-order chi connectivity index (χ1) is 16.1. The molecule has 0 fully saturated rings. The Kier molecular flexibility index (Phi) is 7.40. The molecule has 1 aromatic heterocycles. The number of rotatable bonds is 7. The normalized spacial score (nSPS) is 10.8.